The number of furan rings is 1. The van der Waals surface area contributed by atoms with Crippen molar-refractivity contribution >= 4 is 27.9 Å². The summed E-state index contributed by atoms with van der Waals surface area (Å²) in [7, 11) is 3.28. The topological polar surface area (TPSA) is 74.0 Å². The van der Waals surface area contributed by atoms with Crippen LogP contribution in [0.2, 0.25) is 0 Å². The zero-order valence-corrected chi connectivity index (χ0v) is 14.7. The maximum atomic E-state index is 5.96. The second-order valence-electron chi connectivity index (χ2n) is 5.97. The number of hydrogen-bond acceptors (Lipinski definition) is 5. The van der Waals surface area contributed by atoms with E-state index in [1.807, 2.05) is 42.5 Å². The summed E-state index contributed by atoms with van der Waals surface area (Å²) in [6.07, 6.45) is 2.46. The molecule has 2 N–H and O–H groups in total. The van der Waals surface area contributed by atoms with Crippen LogP contribution >= 0.6 is 0 Å². The van der Waals surface area contributed by atoms with Gasteiger partial charge in [0.2, 0.25) is 5.58 Å². The maximum absolute atomic E-state index is 5.96. The lowest BCUT2D eigenvalue weighted by atomic mass is 10.1. The van der Waals surface area contributed by atoms with Gasteiger partial charge in [0.05, 0.1) is 20.8 Å². The van der Waals surface area contributed by atoms with Gasteiger partial charge in [-0.3, -0.25) is 5.32 Å². The zero-order chi connectivity index (χ0) is 17.9. The van der Waals surface area contributed by atoms with E-state index in [1.54, 1.807) is 20.5 Å². The fourth-order valence-electron chi connectivity index (χ4n) is 3.10. The largest absolute Gasteiger partial charge is 0.493 e. The van der Waals surface area contributed by atoms with Gasteiger partial charge in [-0.15, -0.1) is 0 Å². The molecule has 0 saturated heterocycles. The molecular weight excluding hydrogens is 330 g/mol. The number of nitrogens with two attached hydrogens (primary N) is 1. The van der Waals surface area contributed by atoms with Gasteiger partial charge in [-0.05, 0) is 29.8 Å². The predicted octanol–water partition coefficient (Wildman–Crippen LogP) is 2.83. The molecule has 0 radical (unpaired) electrons. The maximum Gasteiger partial charge on any atom is 0.271 e. The fourth-order valence-corrected chi connectivity index (χ4v) is 3.10. The van der Waals surface area contributed by atoms with E-state index in [-0.39, 0.29) is 0 Å². The van der Waals surface area contributed by atoms with Gasteiger partial charge in [0, 0.05) is 11.8 Å². The van der Waals surface area contributed by atoms with Crippen LogP contribution in [0.4, 0.5) is 5.82 Å². The van der Waals surface area contributed by atoms with E-state index >= 15 is 0 Å². The van der Waals surface area contributed by atoms with Crippen LogP contribution in [0.25, 0.3) is 22.1 Å². The molecule has 0 bridgehead atoms. The first-order valence-corrected chi connectivity index (χ1v) is 8.46. The molecule has 6 heteroatoms. The molecule has 2 heterocycles. The Labute approximate surface area is 150 Å². The molecule has 0 spiro atoms. The number of hydrogen-bond donors (Lipinski definition) is 1. The van der Waals surface area contributed by atoms with E-state index in [9.17, 15) is 0 Å². The number of fused-ring (bicyclic) bond motifs is 3. The molecule has 132 valence electrons. The molecule has 0 amide bonds. The molecule has 26 heavy (non-hydrogen) atoms. The van der Waals surface area contributed by atoms with Gasteiger partial charge in [-0.2, -0.15) is 4.98 Å². The van der Waals surface area contributed by atoms with E-state index in [1.165, 1.54) is 5.56 Å². The summed E-state index contributed by atoms with van der Waals surface area (Å²) in [5, 5.41) is 3.10. The third kappa shape index (κ3) is 2.95. The van der Waals surface area contributed by atoms with E-state index in [0.717, 1.165) is 52.4 Å². The number of aromatic nitrogens is 2. The van der Waals surface area contributed by atoms with Crippen LogP contribution in [0.3, 0.4) is 0 Å². The highest BCUT2D eigenvalue weighted by Crippen LogP contribution is 2.29. The Morgan fingerprint density at radius 1 is 1.00 bits per heavy atom. The first-order valence-electron chi connectivity index (χ1n) is 8.46. The lowest BCUT2D eigenvalue weighted by molar-refractivity contribution is -0.573. The number of quaternary nitrogens is 1. The Bertz CT molecular complexity index is 1060. The first-order chi connectivity index (χ1) is 12.8. The van der Waals surface area contributed by atoms with Crippen LogP contribution in [0.1, 0.15) is 5.56 Å². The van der Waals surface area contributed by atoms with E-state index < -0.39 is 0 Å². The molecule has 0 aliphatic carbocycles. The lowest BCUT2D eigenvalue weighted by Crippen LogP contribution is -2.79. The molecule has 0 saturated carbocycles. The first kappa shape index (κ1) is 16.4. The van der Waals surface area contributed by atoms with E-state index in [0.29, 0.717) is 0 Å². The summed E-state index contributed by atoms with van der Waals surface area (Å²) in [6.45, 7) is 0.832. The Morgan fingerprint density at radius 2 is 1.85 bits per heavy atom. The quantitative estimate of drug-likeness (QED) is 0.579. The molecule has 2 aromatic carbocycles. The molecule has 0 unspecified atom stereocenters. The van der Waals surface area contributed by atoms with Crippen molar-refractivity contribution in [2.45, 2.75) is 6.42 Å². The highest BCUT2D eigenvalue weighted by atomic mass is 16.5. The van der Waals surface area contributed by atoms with E-state index in [2.05, 4.69) is 15.3 Å². The summed E-state index contributed by atoms with van der Waals surface area (Å²) < 4.78 is 16.6. The van der Waals surface area contributed by atoms with Crippen molar-refractivity contribution in [2.24, 2.45) is 0 Å². The van der Waals surface area contributed by atoms with Crippen molar-refractivity contribution in [3.63, 3.8) is 0 Å². The minimum atomic E-state index is 0.736. The van der Waals surface area contributed by atoms with Gasteiger partial charge in [0.25, 0.3) is 5.82 Å². The molecule has 4 aromatic rings. The lowest BCUT2D eigenvalue weighted by Gasteiger charge is -2.09. The second kappa shape index (κ2) is 7.01. The summed E-state index contributed by atoms with van der Waals surface area (Å²) in [5.74, 6) is 2.30. The Hall–Kier alpha value is -3.12. The number of para-hydroxylation sites is 1. The third-order valence-corrected chi connectivity index (χ3v) is 4.40. The average molecular weight is 350 g/mol. The zero-order valence-electron chi connectivity index (χ0n) is 14.7. The highest BCUT2D eigenvalue weighted by Gasteiger charge is 2.15. The monoisotopic (exact) mass is 350 g/mol. The van der Waals surface area contributed by atoms with Crippen LogP contribution in [-0.4, -0.2) is 30.7 Å². The van der Waals surface area contributed by atoms with Gasteiger partial charge in [-0.1, -0.05) is 18.2 Å². The van der Waals surface area contributed by atoms with Gasteiger partial charge in [0.15, 0.2) is 11.5 Å². The minimum absolute atomic E-state index is 0.736. The standard InChI is InChI=1S/C20H19N3O3/c1-24-16-8-7-13(11-17(16)25-2)9-10-21-20-19-18(22-12-23-20)14-5-3-4-6-15(14)26-19/h3-8,11-12H,9-10H2,1-2H3,(H,21,22,23)/p+1. The molecule has 6 nitrogen and oxygen atoms in total. The van der Waals surface area contributed by atoms with Gasteiger partial charge in [-0.25, -0.2) is 4.98 Å². The predicted molar refractivity (Wildman–Crippen MR) is 99.0 cm³/mol. The summed E-state index contributed by atoms with van der Waals surface area (Å²) in [6, 6.07) is 13.9. The third-order valence-electron chi connectivity index (χ3n) is 4.40. The van der Waals surface area contributed by atoms with Crippen LogP contribution in [0.5, 0.6) is 11.5 Å². The SMILES string of the molecule is COc1ccc(CC[NH2+]c2ncnc3c2oc2ccccc23)cc1OC. The van der Waals surface area contributed by atoms with Crippen molar-refractivity contribution in [3.8, 4) is 11.5 Å². The van der Waals surface area contributed by atoms with Crippen molar-refractivity contribution in [2.75, 3.05) is 20.8 Å². The van der Waals surface area contributed by atoms with Crippen molar-refractivity contribution in [1.82, 2.24) is 9.97 Å². The fraction of sp³-hybridized carbons (Fsp3) is 0.200. The Balaban J connectivity index is 1.53. The average Bonchev–Trinajstić information content (AvgIpc) is 3.07. The number of rotatable bonds is 6. The Kier molecular flexibility index (Phi) is 4.41. The van der Waals surface area contributed by atoms with Crippen LogP contribution < -0.4 is 14.8 Å². The molecule has 0 atom stereocenters. The van der Waals surface area contributed by atoms with Crippen LogP contribution in [-0.2, 0) is 6.42 Å². The van der Waals surface area contributed by atoms with Crippen molar-refractivity contribution < 1.29 is 19.2 Å². The summed E-state index contributed by atoms with van der Waals surface area (Å²) in [4.78, 5) is 8.77. The number of benzene rings is 2. The normalized spacial score (nSPS) is 11.2. The van der Waals surface area contributed by atoms with Crippen molar-refractivity contribution in [1.29, 1.82) is 0 Å². The molecule has 0 aliphatic rings. The number of nitrogens with zero attached hydrogens (tertiary/aromatic N) is 2. The Morgan fingerprint density at radius 3 is 2.69 bits per heavy atom. The van der Waals surface area contributed by atoms with Crippen LogP contribution in [0, 0.1) is 0 Å². The number of ether oxygens (including phenoxy) is 2. The molecular formula is C20H20N3O3+. The smallest absolute Gasteiger partial charge is 0.271 e. The minimum Gasteiger partial charge on any atom is -0.493 e. The summed E-state index contributed by atoms with van der Waals surface area (Å²) in [5.41, 5.74) is 3.60. The molecule has 0 aliphatic heterocycles. The molecule has 0 fully saturated rings. The van der Waals surface area contributed by atoms with Crippen molar-refractivity contribution in [3.05, 3.63) is 54.4 Å². The van der Waals surface area contributed by atoms with Gasteiger partial charge >= 0.3 is 0 Å². The highest BCUT2D eigenvalue weighted by molar-refractivity contribution is 6.04. The van der Waals surface area contributed by atoms with Gasteiger partial charge in [0.1, 0.15) is 17.4 Å². The second-order valence-corrected chi connectivity index (χ2v) is 5.97. The van der Waals surface area contributed by atoms with Crippen LogP contribution in [0.15, 0.2) is 53.2 Å². The van der Waals surface area contributed by atoms with Gasteiger partial charge < -0.3 is 13.9 Å². The van der Waals surface area contributed by atoms with E-state index in [4.69, 9.17) is 13.9 Å². The molecule has 4 rings (SSSR count). The molecule has 2 aromatic heterocycles. The summed E-state index contributed by atoms with van der Waals surface area (Å²) >= 11 is 0. The number of methoxy groups -OCH3 is 2.